The zero-order chi connectivity index (χ0) is 24.9. The van der Waals surface area contributed by atoms with Gasteiger partial charge in [0.15, 0.2) is 12.1 Å². The third kappa shape index (κ3) is 5.55. The predicted octanol–water partition coefficient (Wildman–Crippen LogP) is 2.49. The van der Waals surface area contributed by atoms with Gasteiger partial charge in [-0.15, -0.1) is 0 Å². The van der Waals surface area contributed by atoms with Gasteiger partial charge in [-0.05, 0) is 53.7 Å². The van der Waals surface area contributed by atoms with Crippen LogP contribution in [0.3, 0.4) is 0 Å². The number of benzene rings is 1. The first-order valence-corrected chi connectivity index (χ1v) is 12.7. The van der Waals surface area contributed by atoms with Crippen LogP contribution in [-0.2, 0) is 38.0 Å². The number of hydrogen-bond donors (Lipinski definition) is 1. The lowest BCUT2D eigenvalue weighted by Crippen LogP contribution is -2.60. The van der Waals surface area contributed by atoms with Gasteiger partial charge in [0, 0.05) is 5.92 Å². The molecule has 1 N–H and O–H groups in total. The Hall–Kier alpha value is -1.76. The highest BCUT2D eigenvalue weighted by Crippen LogP contribution is 2.42. The number of carbonyl (C=O) groups excluding carboxylic acids is 1. The molecule has 1 amide bonds. The number of rotatable bonds is 5. The first kappa shape index (κ1) is 25.3. The smallest absolute Gasteiger partial charge is 0.407 e. The number of amides is 1. The predicted molar refractivity (Wildman–Crippen MR) is 119 cm³/mol. The summed E-state index contributed by atoms with van der Waals surface area (Å²) in [6.45, 7) is 10.6. The van der Waals surface area contributed by atoms with E-state index in [-0.39, 0.29) is 18.1 Å². The van der Waals surface area contributed by atoms with E-state index in [0.29, 0.717) is 0 Å². The van der Waals surface area contributed by atoms with Gasteiger partial charge in [-0.2, -0.15) is 8.42 Å². The molecule has 0 aromatic heterocycles. The average molecular weight is 500 g/mol. The van der Waals surface area contributed by atoms with Gasteiger partial charge >= 0.3 is 6.09 Å². The van der Waals surface area contributed by atoms with E-state index in [1.807, 2.05) is 6.92 Å². The number of alkyl carbamates (subject to hydrolysis) is 1. The second-order valence-corrected chi connectivity index (χ2v) is 12.0. The van der Waals surface area contributed by atoms with Crippen molar-refractivity contribution in [1.29, 1.82) is 0 Å². The Morgan fingerprint density at radius 3 is 2.44 bits per heavy atom. The summed E-state index contributed by atoms with van der Waals surface area (Å²) in [7, 11) is -4.00. The SMILES string of the molecule is Cc1ccc(S(=O)(=O)OC[C@@H]2CO[C@H]3[C@H](O[C@@H]4OC(C)(C)O[C@@H]43)[C@@H]2NC(=O)OC(C)(C)C)cc1. The van der Waals surface area contributed by atoms with Crippen molar-refractivity contribution in [2.24, 2.45) is 5.92 Å². The molecule has 0 saturated carbocycles. The maximum absolute atomic E-state index is 12.7. The van der Waals surface area contributed by atoms with Crippen LogP contribution in [0.4, 0.5) is 4.79 Å². The number of nitrogens with one attached hydrogen (secondary N) is 1. The van der Waals surface area contributed by atoms with E-state index < -0.39 is 64.2 Å². The molecule has 0 spiro atoms. The molecule has 6 atom stereocenters. The molecule has 3 aliphatic heterocycles. The van der Waals surface area contributed by atoms with E-state index in [4.69, 9.17) is 27.9 Å². The van der Waals surface area contributed by atoms with E-state index >= 15 is 0 Å². The Balaban J connectivity index is 1.50. The van der Waals surface area contributed by atoms with Gasteiger partial charge in [0.2, 0.25) is 0 Å². The number of fused-ring (bicyclic) bond motifs is 3. The van der Waals surface area contributed by atoms with Gasteiger partial charge in [-0.1, -0.05) is 17.7 Å². The molecule has 34 heavy (non-hydrogen) atoms. The highest BCUT2D eigenvalue weighted by Gasteiger charge is 2.60. The Kier molecular flexibility index (Phi) is 6.73. The molecule has 3 aliphatic rings. The Labute approximate surface area is 200 Å². The summed E-state index contributed by atoms with van der Waals surface area (Å²) in [5, 5.41) is 2.84. The van der Waals surface area contributed by atoms with Crippen LogP contribution in [0.25, 0.3) is 0 Å². The van der Waals surface area contributed by atoms with Crippen molar-refractivity contribution in [2.75, 3.05) is 13.2 Å². The number of hydrogen-bond acceptors (Lipinski definition) is 9. The molecular weight excluding hydrogens is 466 g/mol. The second kappa shape index (κ2) is 9.03. The highest BCUT2D eigenvalue weighted by atomic mass is 32.2. The topological polar surface area (TPSA) is 119 Å². The molecule has 3 heterocycles. The Bertz CT molecular complexity index is 1000. The summed E-state index contributed by atoms with van der Waals surface area (Å²) in [5.41, 5.74) is 0.225. The summed E-state index contributed by atoms with van der Waals surface area (Å²) < 4.78 is 60.1. The summed E-state index contributed by atoms with van der Waals surface area (Å²) in [6.07, 6.45) is -2.92. The lowest BCUT2D eigenvalue weighted by atomic mass is 9.89. The molecular formula is C23H33NO9S. The van der Waals surface area contributed by atoms with Gasteiger partial charge in [-0.3, -0.25) is 4.18 Å². The minimum absolute atomic E-state index is 0.0556. The highest BCUT2D eigenvalue weighted by molar-refractivity contribution is 7.86. The van der Waals surface area contributed by atoms with Crippen molar-refractivity contribution in [3.8, 4) is 0 Å². The molecule has 190 valence electrons. The van der Waals surface area contributed by atoms with Crippen molar-refractivity contribution in [1.82, 2.24) is 5.32 Å². The van der Waals surface area contributed by atoms with E-state index in [9.17, 15) is 13.2 Å². The largest absolute Gasteiger partial charge is 0.444 e. The minimum atomic E-state index is -4.00. The van der Waals surface area contributed by atoms with Gasteiger partial charge in [0.1, 0.15) is 23.9 Å². The van der Waals surface area contributed by atoms with Crippen LogP contribution in [0.1, 0.15) is 40.2 Å². The van der Waals surface area contributed by atoms with Crippen molar-refractivity contribution in [2.45, 2.75) is 88.5 Å². The van der Waals surface area contributed by atoms with E-state index in [1.54, 1.807) is 46.8 Å². The van der Waals surface area contributed by atoms with Crippen molar-refractivity contribution < 1.29 is 41.1 Å². The van der Waals surface area contributed by atoms with E-state index in [0.717, 1.165) is 5.56 Å². The van der Waals surface area contributed by atoms with Crippen LogP contribution < -0.4 is 5.32 Å². The summed E-state index contributed by atoms with van der Waals surface area (Å²) in [4.78, 5) is 12.7. The molecule has 3 fully saturated rings. The first-order chi connectivity index (χ1) is 15.7. The maximum atomic E-state index is 12.7. The summed E-state index contributed by atoms with van der Waals surface area (Å²) in [6, 6.07) is 5.73. The Morgan fingerprint density at radius 1 is 1.12 bits per heavy atom. The van der Waals surface area contributed by atoms with Gasteiger partial charge in [-0.25, -0.2) is 4.79 Å². The number of carbonyl (C=O) groups is 1. The van der Waals surface area contributed by atoms with Crippen LogP contribution >= 0.6 is 0 Å². The van der Waals surface area contributed by atoms with Crippen LogP contribution in [0.5, 0.6) is 0 Å². The molecule has 11 heteroatoms. The van der Waals surface area contributed by atoms with Gasteiger partial charge in [0.05, 0.1) is 24.2 Å². The fraction of sp³-hybridized carbons (Fsp3) is 0.696. The van der Waals surface area contributed by atoms with Crippen LogP contribution in [-0.4, -0.2) is 69.8 Å². The van der Waals surface area contributed by atoms with Crippen molar-refractivity contribution in [3.05, 3.63) is 29.8 Å². The quantitative estimate of drug-likeness (QED) is 0.610. The summed E-state index contributed by atoms with van der Waals surface area (Å²) in [5.74, 6) is -1.35. The van der Waals surface area contributed by atoms with Crippen molar-refractivity contribution >= 4 is 16.2 Å². The molecule has 1 aromatic carbocycles. The molecule has 0 radical (unpaired) electrons. The normalized spacial score (nSPS) is 32.6. The minimum Gasteiger partial charge on any atom is -0.444 e. The molecule has 0 unspecified atom stereocenters. The first-order valence-electron chi connectivity index (χ1n) is 11.3. The average Bonchev–Trinajstić information content (AvgIpc) is 3.18. The van der Waals surface area contributed by atoms with Crippen molar-refractivity contribution in [3.63, 3.8) is 0 Å². The molecule has 10 nitrogen and oxygen atoms in total. The van der Waals surface area contributed by atoms with E-state index in [2.05, 4.69) is 5.32 Å². The molecule has 0 aliphatic carbocycles. The number of ether oxygens (including phenoxy) is 5. The lowest BCUT2D eigenvalue weighted by Gasteiger charge is -2.40. The van der Waals surface area contributed by atoms with Crippen LogP contribution in [0.2, 0.25) is 0 Å². The third-order valence-corrected chi connectivity index (χ3v) is 7.12. The summed E-state index contributed by atoms with van der Waals surface area (Å²) >= 11 is 0. The monoisotopic (exact) mass is 499 g/mol. The fourth-order valence-electron chi connectivity index (χ4n) is 4.33. The molecule has 3 saturated heterocycles. The second-order valence-electron chi connectivity index (χ2n) is 10.4. The van der Waals surface area contributed by atoms with E-state index in [1.165, 1.54) is 12.1 Å². The molecule has 4 rings (SSSR count). The van der Waals surface area contributed by atoms with Crippen LogP contribution in [0, 0.1) is 12.8 Å². The number of aryl methyl sites for hydroxylation is 1. The Morgan fingerprint density at radius 2 is 1.79 bits per heavy atom. The third-order valence-electron chi connectivity index (χ3n) is 5.82. The maximum Gasteiger partial charge on any atom is 0.407 e. The van der Waals surface area contributed by atoms with Crippen LogP contribution in [0.15, 0.2) is 29.2 Å². The standard InChI is InChI=1S/C23H33NO9S/c1-13-7-9-15(10-8-13)34(26,27)29-12-14-11-28-18-17(16(14)24-21(25)33-22(2,3)4)30-20-19(18)31-23(5,6)32-20/h7-10,14,16-20H,11-12H2,1-6H3,(H,24,25)/t14-,16+,17+,18-,19+,20+/m0/s1. The molecule has 0 bridgehead atoms. The van der Waals surface area contributed by atoms with Gasteiger partial charge < -0.3 is 29.0 Å². The fourth-order valence-corrected chi connectivity index (χ4v) is 5.29. The lowest BCUT2D eigenvalue weighted by molar-refractivity contribution is -0.233. The molecule has 1 aromatic rings. The van der Waals surface area contributed by atoms with Gasteiger partial charge in [0.25, 0.3) is 10.1 Å². The zero-order valence-corrected chi connectivity index (χ0v) is 21.1. The zero-order valence-electron chi connectivity index (χ0n) is 20.3.